The predicted octanol–water partition coefficient (Wildman–Crippen LogP) is 1.15. The number of carbonyl (C=O) groups is 1. The van der Waals surface area contributed by atoms with Gasteiger partial charge in [0.05, 0.1) is 33.3 Å². The smallest absolute Gasteiger partial charge is 0.278 e. The van der Waals surface area contributed by atoms with Crippen molar-refractivity contribution in [2.24, 2.45) is 0 Å². The first kappa shape index (κ1) is 19.2. The molecule has 1 amide bonds. The highest BCUT2D eigenvalue weighted by Crippen LogP contribution is 2.19. The van der Waals surface area contributed by atoms with E-state index in [2.05, 4.69) is 34.5 Å². The Morgan fingerprint density at radius 3 is 2.41 bits per heavy atom. The average Bonchev–Trinajstić information content (AvgIpc) is 2.74. The van der Waals surface area contributed by atoms with Gasteiger partial charge in [-0.3, -0.25) is 4.79 Å². The van der Waals surface area contributed by atoms with Gasteiger partial charge in [-0.05, 0) is 43.2 Å². The van der Waals surface area contributed by atoms with Crippen molar-refractivity contribution in [3.05, 3.63) is 60.2 Å². The second-order valence-corrected chi connectivity index (χ2v) is 7.09. The average molecular weight is 369 g/mol. The quantitative estimate of drug-likeness (QED) is 0.771. The lowest BCUT2D eigenvalue weighted by molar-refractivity contribution is -0.914. The lowest BCUT2D eigenvalue weighted by Gasteiger charge is -2.36. The normalized spacial score (nSPS) is 16.0. The maximum atomic E-state index is 12.5. The largest absolute Gasteiger partial charge is 0.497 e. The summed E-state index contributed by atoms with van der Waals surface area (Å²) in [6.07, 6.45) is 0.875. The van der Waals surface area contributed by atoms with Crippen LogP contribution in [-0.4, -0.2) is 51.8 Å². The Morgan fingerprint density at radius 1 is 1.11 bits per heavy atom. The van der Waals surface area contributed by atoms with Crippen LogP contribution in [0.2, 0.25) is 0 Å². The van der Waals surface area contributed by atoms with Gasteiger partial charge < -0.3 is 19.9 Å². The molecule has 3 rings (SSSR count). The maximum absolute atomic E-state index is 12.5. The van der Waals surface area contributed by atoms with Crippen LogP contribution in [0.3, 0.4) is 0 Å². The molecule has 1 aliphatic heterocycles. The third-order valence-corrected chi connectivity index (χ3v) is 5.40. The minimum Gasteiger partial charge on any atom is -0.497 e. The Morgan fingerprint density at radius 2 is 1.78 bits per heavy atom. The highest BCUT2D eigenvalue weighted by atomic mass is 16.5. The van der Waals surface area contributed by atoms with Crippen LogP contribution in [-0.2, 0) is 11.2 Å². The monoisotopic (exact) mass is 368 g/mol. The maximum Gasteiger partial charge on any atom is 0.278 e. The SMILES string of the molecule is COc1ccc(N2CC[NH+]([C@@H](C)C(=O)NCCc3ccccc3)CC2)cc1. The van der Waals surface area contributed by atoms with Gasteiger partial charge in [0.2, 0.25) is 0 Å². The molecule has 144 valence electrons. The first-order chi connectivity index (χ1) is 13.2. The molecule has 2 aromatic carbocycles. The summed E-state index contributed by atoms with van der Waals surface area (Å²) in [5.74, 6) is 1.03. The molecule has 0 radical (unpaired) electrons. The van der Waals surface area contributed by atoms with Gasteiger partial charge in [0.25, 0.3) is 5.91 Å². The number of piperazine rings is 1. The van der Waals surface area contributed by atoms with Gasteiger partial charge in [-0.2, -0.15) is 0 Å². The molecule has 0 unspecified atom stereocenters. The van der Waals surface area contributed by atoms with Crippen LogP contribution in [0.1, 0.15) is 12.5 Å². The van der Waals surface area contributed by atoms with Gasteiger partial charge in [-0.25, -0.2) is 0 Å². The number of quaternary nitrogens is 1. The van der Waals surface area contributed by atoms with Crippen molar-refractivity contribution >= 4 is 11.6 Å². The third kappa shape index (κ3) is 5.23. The molecule has 5 heteroatoms. The van der Waals surface area contributed by atoms with E-state index in [0.29, 0.717) is 6.54 Å². The summed E-state index contributed by atoms with van der Waals surface area (Å²) in [5.41, 5.74) is 2.47. The molecule has 1 fully saturated rings. The van der Waals surface area contributed by atoms with Crippen molar-refractivity contribution in [2.45, 2.75) is 19.4 Å². The number of rotatable bonds is 7. The summed E-state index contributed by atoms with van der Waals surface area (Å²) in [4.78, 5) is 16.2. The molecule has 1 saturated heterocycles. The number of hydrogen-bond donors (Lipinski definition) is 2. The second kappa shape index (κ2) is 9.42. The fourth-order valence-corrected chi connectivity index (χ4v) is 3.59. The minimum absolute atomic E-state index is 0.0150. The van der Waals surface area contributed by atoms with Gasteiger partial charge in [-0.15, -0.1) is 0 Å². The van der Waals surface area contributed by atoms with Crippen LogP contribution in [0.4, 0.5) is 5.69 Å². The van der Waals surface area contributed by atoms with Gasteiger partial charge >= 0.3 is 0 Å². The van der Waals surface area contributed by atoms with Gasteiger partial charge in [0, 0.05) is 12.2 Å². The lowest BCUT2D eigenvalue weighted by atomic mass is 10.1. The number of nitrogens with one attached hydrogen (secondary N) is 2. The van der Waals surface area contributed by atoms with E-state index >= 15 is 0 Å². The van der Waals surface area contributed by atoms with E-state index in [1.807, 2.05) is 37.3 Å². The molecule has 0 spiro atoms. The van der Waals surface area contributed by atoms with Gasteiger partial charge in [0.15, 0.2) is 6.04 Å². The van der Waals surface area contributed by atoms with Crippen LogP contribution in [0, 0.1) is 0 Å². The lowest BCUT2D eigenvalue weighted by Crippen LogP contribution is -3.19. The van der Waals surface area contributed by atoms with Gasteiger partial charge in [0.1, 0.15) is 5.75 Å². The number of nitrogens with zero attached hydrogens (tertiary/aromatic N) is 1. The molecule has 27 heavy (non-hydrogen) atoms. The number of hydrogen-bond acceptors (Lipinski definition) is 3. The fourth-order valence-electron chi connectivity index (χ4n) is 3.59. The summed E-state index contributed by atoms with van der Waals surface area (Å²) in [5, 5.41) is 3.10. The minimum atomic E-state index is -0.0150. The second-order valence-electron chi connectivity index (χ2n) is 7.09. The molecule has 0 bridgehead atoms. The molecule has 2 aromatic rings. The Kier molecular flexibility index (Phi) is 6.71. The highest BCUT2D eigenvalue weighted by Gasteiger charge is 2.29. The number of ether oxygens (including phenoxy) is 1. The zero-order valence-corrected chi connectivity index (χ0v) is 16.3. The molecule has 1 aliphatic rings. The van der Waals surface area contributed by atoms with Crippen molar-refractivity contribution in [2.75, 3.05) is 44.7 Å². The van der Waals surface area contributed by atoms with Crippen molar-refractivity contribution in [1.82, 2.24) is 5.32 Å². The summed E-state index contributed by atoms with van der Waals surface area (Å²) < 4.78 is 5.22. The highest BCUT2D eigenvalue weighted by molar-refractivity contribution is 5.79. The Hall–Kier alpha value is -2.53. The molecule has 5 nitrogen and oxygen atoms in total. The van der Waals surface area contributed by atoms with Crippen LogP contribution in [0.15, 0.2) is 54.6 Å². The Bertz CT molecular complexity index is 710. The summed E-state index contributed by atoms with van der Waals surface area (Å²) in [7, 11) is 1.68. The van der Waals surface area contributed by atoms with Crippen molar-refractivity contribution in [1.29, 1.82) is 0 Å². The summed E-state index contributed by atoms with van der Waals surface area (Å²) in [6.45, 7) is 6.60. The first-order valence-electron chi connectivity index (χ1n) is 9.72. The molecule has 0 aliphatic carbocycles. The van der Waals surface area contributed by atoms with Crippen molar-refractivity contribution in [3.63, 3.8) is 0 Å². The van der Waals surface area contributed by atoms with E-state index in [1.165, 1.54) is 16.2 Å². The molecule has 1 atom stereocenters. The van der Waals surface area contributed by atoms with Gasteiger partial charge in [-0.1, -0.05) is 30.3 Å². The van der Waals surface area contributed by atoms with Crippen LogP contribution < -0.4 is 19.9 Å². The molecule has 2 N–H and O–H groups in total. The zero-order valence-electron chi connectivity index (χ0n) is 16.3. The molecule has 0 saturated carbocycles. The topological polar surface area (TPSA) is 46.0 Å². The molecule has 0 aromatic heterocycles. The van der Waals surface area contributed by atoms with Crippen LogP contribution >= 0.6 is 0 Å². The van der Waals surface area contributed by atoms with E-state index in [-0.39, 0.29) is 11.9 Å². The van der Waals surface area contributed by atoms with Crippen molar-refractivity contribution in [3.8, 4) is 5.75 Å². The van der Waals surface area contributed by atoms with E-state index in [0.717, 1.165) is 38.3 Å². The number of benzene rings is 2. The first-order valence-corrected chi connectivity index (χ1v) is 9.72. The summed E-state index contributed by atoms with van der Waals surface area (Å²) >= 11 is 0. The standard InChI is InChI=1S/C22H29N3O2/c1-18(22(26)23-13-12-19-6-4-3-5-7-19)24-14-16-25(17-15-24)20-8-10-21(27-2)11-9-20/h3-11,18H,12-17H2,1-2H3,(H,23,26)/p+1/t18-/m0/s1. The molecular weight excluding hydrogens is 338 g/mol. The molecular formula is C22H30N3O2+. The van der Waals surface area contributed by atoms with E-state index in [9.17, 15) is 4.79 Å². The number of methoxy groups -OCH3 is 1. The predicted molar refractivity (Wildman–Crippen MR) is 109 cm³/mol. The van der Waals surface area contributed by atoms with E-state index in [4.69, 9.17) is 4.74 Å². The van der Waals surface area contributed by atoms with Crippen molar-refractivity contribution < 1.29 is 14.4 Å². The number of amides is 1. The Balaban J connectivity index is 1.43. The third-order valence-electron chi connectivity index (χ3n) is 5.40. The van der Waals surface area contributed by atoms with Crippen LogP contribution in [0.25, 0.3) is 0 Å². The number of anilines is 1. The number of carbonyl (C=O) groups excluding carboxylic acids is 1. The summed E-state index contributed by atoms with van der Waals surface area (Å²) in [6, 6.07) is 18.5. The Labute approximate surface area is 161 Å². The van der Waals surface area contributed by atoms with Crippen LogP contribution in [0.5, 0.6) is 5.75 Å². The van der Waals surface area contributed by atoms with E-state index in [1.54, 1.807) is 7.11 Å². The van der Waals surface area contributed by atoms with E-state index < -0.39 is 0 Å². The zero-order chi connectivity index (χ0) is 19.1. The fraction of sp³-hybridized carbons (Fsp3) is 0.409. The molecule has 1 heterocycles.